The lowest BCUT2D eigenvalue weighted by Gasteiger charge is -2.21. The van der Waals surface area contributed by atoms with E-state index in [2.05, 4.69) is 21.9 Å². The lowest BCUT2D eigenvalue weighted by molar-refractivity contribution is -0.111. The third-order valence-electron chi connectivity index (χ3n) is 4.07. The van der Waals surface area contributed by atoms with Crippen molar-refractivity contribution >= 4 is 17.7 Å². The summed E-state index contributed by atoms with van der Waals surface area (Å²) in [6.45, 7) is 17.9. The van der Waals surface area contributed by atoms with Crippen LogP contribution in [0.25, 0.3) is 0 Å². The Labute approximate surface area is 193 Å². The number of Topliss-reactive ketones (excluding diaryl/α,β-unsaturated/α-hetero) is 1. The van der Waals surface area contributed by atoms with Gasteiger partial charge < -0.3 is 5.32 Å². The van der Waals surface area contributed by atoms with Gasteiger partial charge in [0, 0.05) is 57.4 Å². The van der Waals surface area contributed by atoms with Gasteiger partial charge in [-0.05, 0) is 39.3 Å². The van der Waals surface area contributed by atoms with Crippen molar-refractivity contribution in [3.8, 4) is 0 Å². The Morgan fingerprint density at radius 1 is 1.16 bits per heavy atom. The highest BCUT2D eigenvalue weighted by Gasteiger charge is 2.30. The van der Waals surface area contributed by atoms with Gasteiger partial charge in [-0.15, -0.1) is 0 Å². The molecule has 180 valence electrons. The van der Waals surface area contributed by atoms with Crippen molar-refractivity contribution in [2.45, 2.75) is 73.7 Å². The fourth-order valence-corrected chi connectivity index (χ4v) is 2.33. The molecular formula is C26H41F2N3O. The summed E-state index contributed by atoms with van der Waals surface area (Å²) in [7, 11) is 0. The minimum Gasteiger partial charge on any atom is -0.316 e. The van der Waals surface area contributed by atoms with Crippen LogP contribution in [0.2, 0.25) is 0 Å². The maximum Gasteiger partial charge on any atom is 0.250 e. The molecule has 0 bridgehead atoms. The second-order valence-electron chi connectivity index (χ2n) is 7.12. The van der Waals surface area contributed by atoms with Crippen molar-refractivity contribution in [1.29, 1.82) is 0 Å². The minimum atomic E-state index is -2.38. The number of hydrogen-bond acceptors (Lipinski definition) is 4. The van der Waals surface area contributed by atoms with Gasteiger partial charge in [0.2, 0.25) is 0 Å². The van der Waals surface area contributed by atoms with Gasteiger partial charge in [0.05, 0.1) is 5.71 Å². The van der Waals surface area contributed by atoms with Gasteiger partial charge >= 0.3 is 0 Å². The highest BCUT2D eigenvalue weighted by Crippen LogP contribution is 2.23. The van der Waals surface area contributed by atoms with Crippen LogP contribution in [0.5, 0.6) is 0 Å². The summed E-state index contributed by atoms with van der Waals surface area (Å²) in [5.41, 5.74) is 4.00. The quantitative estimate of drug-likeness (QED) is 0.362. The van der Waals surface area contributed by atoms with Crippen LogP contribution in [0, 0.1) is 0 Å². The van der Waals surface area contributed by atoms with E-state index >= 15 is 0 Å². The fourth-order valence-electron chi connectivity index (χ4n) is 2.33. The van der Waals surface area contributed by atoms with E-state index in [0.29, 0.717) is 25.2 Å². The predicted octanol–water partition coefficient (Wildman–Crippen LogP) is 7.02. The molecule has 0 radical (unpaired) electrons. The molecule has 0 aromatic rings. The summed E-state index contributed by atoms with van der Waals surface area (Å²) in [5, 5.41) is 2.86. The summed E-state index contributed by atoms with van der Waals surface area (Å²) in [6.07, 6.45) is 13.8. The molecule has 1 fully saturated rings. The van der Waals surface area contributed by atoms with Crippen LogP contribution in [-0.4, -0.2) is 36.7 Å². The van der Waals surface area contributed by atoms with E-state index < -0.39 is 5.92 Å². The number of nitrogens with zero attached hydrogens (tertiary/aromatic N) is 2. The van der Waals surface area contributed by atoms with Crippen LogP contribution >= 0.6 is 0 Å². The van der Waals surface area contributed by atoms with E-state index in [1.165, 1.54) is 11.8 Å². The van der Waals surface area contributed by atoms with E-state index in [1.54, 1.807) is 13.1 Å². The number of carbonyl (C=O) groups excluding carboxylic acids is 1. The number of allylic oxidation sites excluding steroid dienone is 8. The van der Waals surface area contributed by atoms with E-state index in [0.717, 1.165) is 11.3 Å². The molecule has 2 aliphatic rings. The lowest BCUT2D eigenvalue weighted by atomic mass is 10.1. The molecule has 0 saturated carbocycles. The van der Waals surface area contributed by atoms with Crippen LogP contribution < -0.4 is 5.32 Å². The molecule has 32 heavy (non-hydrogen) atoms. The van der Waals surface area contributed by atoms with Crippen LogP contribution in [0.1, 0.15) is 67.7 Å². The summed E-state index contributed by atoms with van der Waals surface area (Å²) < 4.78 is 24.3. The van der Waals surface area contributed by atoms with Crippen molar-refractivity contribution in [3.63, 3.8) is 0 Å². The number of halogens is 2. The molecule has 0 aliphatic carbocycles. The Morgan fingerprint density at radius 3 is 2.12 bits per heavy atom. The van der Waals surface area contributed by atoms with Gasteiger partial charge in [-0.3, -0.25) is 14.8 Å². The molecule has 0 aromatic heterocycles. The highest BCUT2D eigenvalue weighted by molar-refractivity contribution is 6.40. The third-order valence-corrected chi connectivity index (χ3v) is 4.07. The van der Waals surface area contributed by atoms with Crippen molar-refractivity contribution < 1.29 is 13.6 Å². The normalized spacial score (nSPS) is 17.0. The van der Waals surface area contributed by atoms with Gasteiger partial charge in [0.25, 0.3) is 5.92 Å². The van der Waals surface area contributed by atoms with E-state index in [4.69, 9.17) is 0 Å². The molecule has 0 unspecified atom stereocenters. The Bertz CT molecular complexity index is 730. The monoisotopic (exact) mass is 449 g/mol. The van der Waals surface area contributed by atoms with Crippen molar-refractivity contribution in [3.05, 3.63) is 60.0 Å². The van der Waals surface area contributed by atoms with Gasteiger partial charge in [-0.25, -0.2) is 8.78 Å². The standard InChI is InChI=1S/C12H15NO.C7H11N.C5H9F2N.C2H6/c1-4-5-6-7-11-8-12(10(3)14)13-9(11)2;1-4-8-6-5-7(2)3;6-5(7)1-3-8-4-2-5;1-2/h4-7H,8H2,1-3H3;4-6H,1H2,2-3H3;8H,1-4H2;1-2H3/b5-4-,7-6-;;;. The van der Waals surface area contributed by atoms with Crippen LogP contribution in [0.4, 0.5) is 8.78 Å². The maximum absolute atomic E-state index is 12.2. The number of aliphatic imine (C=N–C) groups is 2. The van der Waals surface area contributed by atoms with Crippen LogP contribution in [0.3, 0.4) is 0 Å². The molecule has 0 aromatic carbocycles. The molecular weight excluding hydrogens is 408 g/mol. The Kier molecular flexibility index (Phi) is 19.1. The molecule has 2 rings (SSSR count). The number of piperidine rings is 1. The third kappa shape index (κ3) is 17.2. The van der Waals surface area contributed by atoms with E-state index in [-0.39, 0.29) is 18.6 Å². The summed E-state index contributed by atoms with van der Waals surface area (Å²) >= 11 is 0. The van der Waals surface area contributed by atoms with Crippen molar-refractivity contribution in [2.75, 3.05) is 13.1 Å². The van der Waals surface area contributed by atoms with Gasteiger partial charge in [-0.1, -0.05) is 50.3 Å². The predicted molar refractivity (Wildman–Crippen MR) is 136 cm³/mol. The van der Waals surface area contributed by atoms with Gasteiger partial charge in [-0.2, -0.15) is 0 Å². The number of alkyl halides is 2. The molecule has 4 nitrogen and oxygen atoms in total. The second kappa shape index (κ2) is 19.2. The average molecular weight is 450 g/mol. The fraction of sp³-hybridized carbons (Fsp3) is 0.500. The van der Waals surface area contributed by atoms with Crippen LogP contribution in [-0.2, 0) is 4.79 Å². The average Bonchev–Trinajstić information content (AvgIpc) is 3.11. The first-order chi connectivity index (χ1) is 15.1. The Morgan fingerprint density at radius 2 is 1.75 bits per heavy atom. The SMILES string of the molecule is C/C=C\C=C/C1=C(C)N=C(C(C)=O)C1.C=CN=CC=C(C)C.CC.FC1(F)CCNCC1. The largest absolute Gasteiger partial charge is 0.316 e. The molecule has 0 amide bonds. The zero-order chi connectivity index (χ0) is 25.0. The molecule has 1 saturated heterocycles. The maximum atomic E-state index is 12.2. The molecule has 0 spiro atoms. The van der Waals surface area contributed by atoms with E-state index in [9.17, 15) is 13.6 Å². The number of carbonyl (C=O) groups is 1. The first-order valence-corrected chi connectivity index (χ1v) is 11.1. The molecule has 2 aliphatic heterocycles. The van der Waals surface area contributed by atoms with Crippen molar-refractivity contribution in [1.82, 2.24) is 5.32 Å². The van der Waals surface area contributed by atoms with Crippen LogP contribution in [0.15, 0.2) is 70.0 Å². The summed E-state index contributed by atoms with van der Waals surface area (Å²) in [4.78, 5) is 19.1. The van der Waals surface area contributed by atoms with E-state index in [1.807, 2.05) is 71.9 Å². The van der Waals surface area contributed by atoms with Crippen molar-refractivity contribution in [2.24, 2.45) is 9.98 Å². The zero-order valence-corrected chi connectivity index (χ0v) is 20.8. The molecule has 1 N–H and O–H groups in total. The molecule has 0 atom stereocenters. The zero-order valence-electron chi connectivity index (χ0n) is 20.8. The summed E-state index contributed by atoms with van der Waals surface area (Å²) in [6, 6.07) is 0. The molecule has 2 heterocycles. The summed E-state index contributed by atoms with van der Waals surface area (Å²) in [5.74, 6) is -2.32. The van der Waals surface area contributed by atoms with Gasteiger partial charge in [0.1, 0.15) is 0 Å². The smallest absolute Gasteiger partial charge is 0.250 e. The first-order valence-electron chi connectivity index (χ1n) is 11.1. The Balaban J connectivity index is 0. The number of ketones is 1. The lowest BCUT2D eigenvalue weighted by Crippen LogP contribution is -2.35. The number of rotatable bonds is 5. The molecule has 6 heteroatoms. The number of hydrogen-bond donors (Lipinski definition) is 1. The highest BCUT2D eigenvalue weighted by atomic mass is 19.3. The first kappa shape index (κ1) is 31.7. The second-order valence-corrected chi connectivity index (χ2v) is 7.12. The minimum absolute atomic E-state index is 0.00694. The number of nitrogens with one attached hydrogen (secondary N) is 1. The topological polar surface area (TPSA) is 53.8 Å². The van der Waals surface area contributed by atoms with Gasteiger partial charge in [0.15, 0.2) is 5.78 Å². The Hall–Kier alpha value is -2.47.